The molecule has 1 unspecified atom stereocenters. The Morgan fingerprint density at radius 3 is 2.43 bits per heavy atom. The molecule has 0 bridgehead atoms. The van der Waals surface area contributed by atoms with Gasteiger partial charge in [-0.3, -0.25) is 4.79 Å². The molecular weight excluding hydrogens is 90.1 g/mol. The third-order valence-corrected chi connectivity index (χ3v) is 1.16. The van der Waals surface area contributed by atoms with Crippen molar-refractivity contribution in [2.45, 2.75) is 13.0 Å². The van der Waals surface area contributed by atoms with Crippen LogP contribution in [0.5, 0.6) is 0 Å². The van der Waals surface area contributed by atoms with Crippen molar-refractivity contribution in [3.8, 4) is 0 Å². The van der Waals surface area contributed by atoms with Crippen molar-refractivity contribution in [1.82, 2.24) is 4.90 Å². The maximum absolute atomic E-state index is 10.3. The number of carbonyl (C=O) groups is 1. The van der Waals surface area contributed by atoms with Gasteiger partial charge in [0.25, 0.3) is 0 Å². The van der Waals surface area contributed by atoms with Crippen LogP contribution in [0.1, 0.15) is 6.92 Å². The molecule has 1 fully saturated rings. The third kappa shape index (κ3) is 0.427. The second-order valence-corrected chi connectivity index (χ2v) is 1.60. The number of hydrogen-bond acceptors (Lipinski definition) is 1. The van der Waals surface area contributed by atoms with Crippen LogP contribution in [0.4, 0.5) is 0 Å². The lowest BCUT2D eigenvalue weighted by Crippen LogP contribution is -1.82. The SMILES string of the molecule is C=CN1C(=O)C1C. The van der Waals surface area contributed by atoms with E-state index in [2.05, 4.69) is 6.58 Å². The van der Waals surface area contributed by atoms with Gasteiger partial charge < -0.3 is 4.90 Å². The normalized spacial score (nSPS) is 27.9. The van der Waals surface area contributed by atoms with Gasteiger partial charge in [-0.15, -0.1) is 0 Å². The maximum atomic E-state index is 10.3. The number of hydrogen-bond donors (Lipinski definition) is 0. The maximum Gasteiger partial charge on any atom is 0.250 e. The lowest BCUT2D eigenvalue weighted by atomic mass is 10.6. The molecule has 2 nitrogen and oxygen atoms in total. The van der Waals surface area contributed by atoms with Crippen LogP contribution < -0.4 is 0 Å². The Bertz CT molecular complexity index is 119. The molecule has 0 aromatic rings. The zero-order valence-corrected chi connectivity index (χ0v) is 4.22. The van der Waals surface area contributed by atoms with Crippen molar-refractivity contribution in [2.24, 2.45) is 0 Å². The molecule has 2 heteroatoms. The van der Waals surface area contributed by atoms with E-state index in [1.54, 1.807) is 11.1 Å². The molecule has 38 valence electrons. The van der Waals surface area contributed by atoms with Gasteiger partial charge in [0.2, 0.25) is 5.91 Å². The van der Waals surface area contributed by atoms with Gasteiger partial charge in [-0.25, -0.2) is 0 Å². The summed E-state index contributed by atoms with van der Waals surface area (Å²) in [5, 5.41) is 0. The van der Waals surface area contributed by atoms with E-state index >= 15 is 0 Å². The Hall–Kier alpha value is -0.790. The van der Waals surface area contributed by atoms with Crippen molar-refractivity contribution >= 4 is 5.91 Å². The molecule has 1 rings (SSSR count). The summed E-state index contributed by atoms with van der Waals surface area (Å²) in [4.78, 5) is 11.9. The van der Waals surface area contributed by atoms with E-state index in [1.807, 2.05) is 6.92 Å². The molecule has 0 saturated carbocycles. The fraction of sp³-hybridized carbons (Fsp3) is 0.400. The van der Waals surface area contributed by atoms with Crippen molar-refractivity contribution in [1.29, 1.82) is 0 Å². The molecule has 0 N–H and O–H groups in total. The van der Waals surface area contributed by atoms with Gasteiger partial charge in [-0.05, 0) is 6.92 Å². The van der Waals surface area contributed by atoms with E-state index in [0.29, 0.717) is 0 Å². The topological polar surface area (TPSA) is 20.1 Å². The predicted molar refractivity (Wildman–Crippen MR) is 26.5 cm³/mol. The third-order valence-electron chi connectivity index (χ3n) is 1.16. The first-order valence-electron chi connectivity index (χ1n) is 2.22. The summed E-state index contributed by atoms with van der Waals surface area (Å²) in [6, 6.07) is 0.109. The van der Waals surface area contributed by atoms with Crippen LogP contribution in [-0.2, 0) is 4.79 Å². The Labute approximate surface area is 42.4 Å². The summed E-state index contributed by atoms with van der Waals surface area (Å²) in [6.45, 7) is 5.28. The number of amides is 1. The van der Waals surface area contributed by atoms with Crippen LogP contribution in [0.3, 0.4) is 0 Å². The van der Waals surface area contributed by atoms with Crippen molar-refractivity contribution in [2.75, 3.05) is 0 Å². The first-order valence-corrected chi connectivity index (χ1v) is 2.22. The summed E-state index contributed by atoms with van der Waals surface area (Å²) in [5.74, 6) is 0.176. The molecule has 7 heavy (non-hydrogen) atoms. The molecule has 0 aromatic carbocycles. The minimum absolute atomic E-state index is 0.109. The van der Waals surface area contributed by atoms with Gasteiger partial charge in [-0.1, -0.05) is 6.58 Å². The highest BCUT2D eigenvalue weighted by molar-refractivity contribution is 5.97. The second kappa shape index (κ2) is 1.09. The Kier molecular flexibility index (Phi) is 0.680. The summed E-state index contributed by atoms with van der Waals surface area (Å²) in [7, 11) is 0. The number of carbonyl (C=O) groups excluding carboxylic acids is 1. The van der Waals surface area contributed by atoms with Crippen molar-refractivity contribution in [3.05, 3.63) is 12.8 Å². The monoisotopic (exact) mass is 97.1 g/mol. The lowest BCUT2D eigenvalue weighted by molar-refractivity contribution is -0.113. The average molecular weight is 97.1 g/mol. The molecule has 0 aromatic heterocycles. The van der Waals surface area contributed by atoms with Gasteiger partial charge in [-0.2, -0.15) is 0 Å². The Morgan fingerprint density at radius 2 is 2.43 bits per heavy atom. The first kappa shape index (κ1) is 4.37. The molecule has 1 atom stereocenters. The largest absolute Gasteiger partial charge is 0.306 e. The zero-order chi connectivity index (χ0) is 5.44. The highest BCUT2D eigenvalue weighted by atomic mass is 16.2. The fourth-order valence-electron chi connectivity index (χ4n) is 0.540. The van der Waals surface area contributed by atoms with Crippen LogP contribution >= 0.6 is 0 Å². The predicted octanol–water partition coefficient (Wildman–Crippen LogP) is 0.361. The molecular formula is C5H7NO. The highest BCUT2D eigenvalue weighted by Gasteiger charge is 2.38. The average Bonchev–Trinajstić information content (AvgIpc) is 2.17. The second-order valence-electron chi connectivity index (χ2n) is 1.60. The minimum Gasteiger partial charge on any atom is -0.306 e. The Balaban J connectivity index is 2.53. The molecule has 0 spiro atoms. The molecule has 1 heterocycles. The first-order chi connectivity index (χ1) is 3.27. The van der Waals surface area contributed by atoms with Crippen LogP contribution in [-0.4, -0.2) is 16.8 Å². The van der Waals surface area contributed by atoms with Crippen LogP contribution in [0, 0.1) is 0 Å². The quantitative estimate of drug-likeness (QED) is 0.432. The summed E-state index contributed by atoms with van der Waals surface area (Å²) in [5.41, 5.74) is 0. The zero-order valence-electron chi connectivity index (χ0n) is 4.22. The van der Waals surface area contributed by atoms with Gasteiger partial charge in [0.15, 0.2) is 0 Å². The number of rotatable bonds is 1. The summed E-state index contributed by atoms with van der Waals surface area (Å²) < 4.78 is 0. The van der Waals surface area contributed by atoms with E-state index in [1.165, 1.54) is 0 Å². The van der Waals surface area contributed by atoms with E-state index in [9.17, 15) is 4.79 Å². The van der Waals surface area contributed by atoms with E-state index in [0.717, 1.165) is 0 Å². The summed E-state index contributed by atoms with van der Waals surface area (Å²) in [6.07, 6.45) is 1.55. The number of nitrogens with zero attached hydrogens (tertiary/aromatic N) is 1. The minimum atomic E-state index is 0.109. The fourth-order valence-corrected chi connectivity index (χ4v) is 0.540. The summed E-state index contributed by atoms with van der Waals surface area (Å²) >= 11 is 0. The van der Waals surface area contributed by atoms with Crippen LogP contribution in [0.15, 0.2) is 12.8 Å². The van der Waals surface area contributed by atoms with Gasteiger partial charge in [0.1, 0.15) is 6.04 Å². The molecule has 1 aliphatic rings. The van der Waals surface area contributed by atoms with Gasteiger partial charge in [0.05, 0.1) is 0 Å². The van der Waals surface area contributed by atoms with Crippen molar-refractivity contribution in [3.63, 3.8) is 0 Å². The van der Waals surface area contributed by atoms with Crippen molar-refractivity contribution < 1.29 is 4.79 Å². The smallest absolute Gasteiger partial charge is 0.250 e. The molecule has 1 saturated heterocycles. The molecule has 0 radical (unpaired) electrons. The van der Waals surface area contributed by atoms with E-state index in [4.69, 9.17) is 0 Å². The molecule has 1 aliphatic heterocycles. The van der Waals surface area contributed by atoms with Gasteiger partial charge >= 0.3 is 0 Å². The highest BCUT2D eigenvalue weighted by Crippen LogP contribution is 2.17. The van der Waals surface area contributed by atoms with Crippen LogP contribution in [0.25, 0.3) is 0 Å². The van der Waals surface area contributed by atoms with E-state index < -0.39 is 0 Å². The molecule has 1 amide bonds. The molecule has 0 aliphatic carbocycles. The standard InChI is InChI=1S/C5H7NO/c1-3-6-4(2)5(6)7/h3-4H,1H2,2H3. The van der Waals surface area contributed by atoms with Gasteiger partial charge in [0, 0.05) is 6.20 Å². The van der Waals surface area contributed by atoms with E-state index in [-0.39, 0.29) is 11.9 Å². The Morgan fingerprint density at radius 1 is 2.00 bits per heavy atom. The van der Waals surface area contributed by atoms with Crippen LogP contribution in [0.2, 0.25) is 0 Å². The lowest BCUT2D eigenvalue weighted by Gasteiger charge is -1.79.